The predicted octanol–water partition coefficient (Wildman–Crippen LogP) is 3.29. The van der Waals surface area contributed by atoms with Crippen LogP contribution < -0.4 is 0 Å². The van der Waals surface area contributed by atoms with Crippen LogP contribution >= 0.6 is 34.8 Å². The summed E-state index contributed by atoms with van der Waals surface area (Å²) in [6.45, 7) is 2.65. The summed E-state index contributed by atoms with van der Waals surface area (Å²) in [5.74, 6) is -0.117. The molecule has 0 spiro atoms. The Labute approximate surface area is 115 Å². The molecular weight excluding hydrogens is 280 g/mol. The predicted molar refractivity (Wildman–Crippen MR) is 70.8 cm³/mol. The molecule has 2 atom stereocenters. The molecule has 0 aromatic heterocycles. The van der Waals surface area contributed by atoms with Gasteiger partial charge in [0, 0.05) is 18.1 Å². The van der Waals surface area contributed by atoms with Gasteiger partial charge in [-0.15, -0.1) is 23.2 Å². The molecule has 1 aliphatic heterocycles. The van der Waals surface area contributed by atoms with Crippen LogP contribution in [-0.4, -0.2) is 27.6 Å². The van der Waals surface area contributed by atoms with E-state index in [1.165, 1.54) is 0 Å². The second-order valence-electron chi connectivity index (χ2n) is 4.36. The minimum absolute atomic E-state index is 0.117. The quantitative estimate of drug-likeness (QED) is 0.766. The van der Waals surface area contributed by atoms with Gasteiger partial charge in [0.05, 0.1) is 5.38 Å². The van der Waals surface area contributed by atoms with E-state index in [1.54, 1.807) is 24.0 Å². The molecule has 0 aliphatic carbocycles. The first-order valence-electron chi connectivity index (χ1n) is 5.28. The Kier molecular flexibility index (Phi) is 3.58. The van der Waals surface area contributed by atoms with Gasteiger partial charge in [-0.1, -0.05) is 23.7 Å². The highest BCUT2D eigenvalue weighted by Gasteiger charge is 2.48. The topological polar surface area (TPSA) is 20.3 Å². The van der Waals surface area contributed by atoms with Crippen molar-refractivity contribution >= 4 is 40.7 Å². The van der Waals surface area contributed by atoms with E-state index in [0.717, 1.165) is 5.56 Å². The number of nitrogens with zero attached hydrogens (tertiary/aromatic N) is 1. The Morgan fingerprint density at radius 3 is 2.47 bits per heavy atom. The van der Waals surface area contributed by atoms with Crippen LogP contribution in [0.5, 0.6) is 0 Å². The smallest absolute Gasteiger partial charge is 0.245 e. The second kappa shape index (κ2) is 4.68. The highest BCUT2D eigenvalue weighted by molar-refractivity contribution is 6.42. The monoisotopic (exact) mass is 291 g/mol. The summed E-state index contributed by atoms with van der Waals surface area (Å²) in [6, 6.07) is 7.39. The lowest BCUT2D eigenvalue weighted by Crippen LogP contribution is -2.35. The molecule has 1 amide bonds. The highest BCUT2D eigenvalue weighted by atomic mass is 35.5. The Hall–Kier alpha value is -0.440. The molecule has 1 fully saturated rings. The Morgan fingerprint density at radius 1 is 1.41 bits per heavy atom. The van der Waals surface area contributed by atoms with Crippen molar-refractivity contribution in [3.63, 3.8) is 0 Å². The zero-order valence-electron chi connectivity index (χ0n) is 9.29. The number of benzene rings is 1. The zero-order chi connectivity index (χ0) is 12.6. The maximum atomic E-state index is 12.0. The van der Waals surface area contributed by atoms with Crippen LogP contribution in [0.25, 0.3) is 0 Å². The lowest BCUT2D eigenvalue weighted by molar-refractivity contribution is -0.130. The summed E-state index contributed by atoms with van der Waals surface area (Å²) >= 11 is 18.0. The van der Waals surface area contributed by atoms with Gasteiger partial charge in [-0.3, -0.25) is 4.79 Å². The summed E-state index contributed by atoms with van der Waals surface area (Å²) in [5.41, 5.74) is 1.01. The fourth-order valence-corrected chi connectivity index (χ4v) is 2.41. The van der Waals surface area contributed by atoms with Crippen LogP contribution in [0.15, 0.2) is 24.3 Å². The third-order valence-electron chi connectivity index (χ3n) is 2.96. The van der Waals surface area contributed by atoms with Gasteiger partial charge in [-0.05, 0) is 24.6 Å². The Morgan fingerprint density at radius 2 is 2.00 bits per heavy atom. The first kappa shape index (κ1) is 13.0. The molecule has 1 heterocycles. The number of alkyl halides is 2. The summed E-state index contributed by atoms with van der Waals surface area (Å²) < 4.78 is 0. The number of carbonyl (C=O) groups excluding carboxylic acids is 1. The zero-order valence-corrected chi connectivity index (χ0v) is 11.6. The minimum Gasteiger partial charge on any atom is -0.335 e. The lowest BCUT2D eigenvalue weighted by atomic mass is 10.1. The van der Waals surface area contributed by atoms with Crippen molar-refractivity contribution in [3.8, 4) is 0 Å². The maximum absolute atomic E-state index is 12.0. The van der Waals surface area contributed by atoms with E-state index >= 15 is 0 Å². The minimum atomic E-state index is -0.992. The highest BCUT2D eigenvalue weighted by Crippen LogP contribution is 2.34. The summed E-state index contributed by atoms with van der Waals surface area (Å²) in [5, 5.41) is 0.322. The fraction of sp³-hybridized carbons (Fsp3) is 0.417. The average molecular weight is 293 g/mol. The molecule has 1 saturated heterocycles. The van der Waals surface area contributed by atoms with Gasteiger partial charge in [-0.25, -0.2) is 0 Å². The largest absolute Gasteiger partial charge is 0.335 e. The number of likely N-dealkylation sites (tertiary alicyclic amines) is 1. The average Bonchev–Trinajstić information content (AvgIpc) is 2.46. The molecule has 0 saturated carbocycles. The van der Waals surface area contributed by atoms with E-state index in [9.17, 15) is 4.79 Å². The molecule has 2 rings (SSSR count). The van der Waals surface area contributed by atoms with Crippen molar-refractivity contribution < 1.29 is 4.79 Å². The van der Waals surface area contributed by atoms with Gasteiger partial charge >= 0.3 is 0 Å². The van der Waals surface area contributed by atoms with Crippen LogP contribution in [0.3, 0.4) is 0 Å². The molecule has 1 aliphatic rings. The number of amides is 1. The van der Waals surface area contributed by atoms with Crippen molar-refractivity contribution in [2.75, 3.05) is 6.54 Å². The van der Waals surface area contributed by atoms with E-state index in [0.29, 0.717) is 18.1 Å². The Balaban J connectivity index is 2.11. The van der Waals surface area contributed by atoms with E-state index < -0.39 is 4.87 Å². The molecule has 2 unspecified atom stereocenters. The van der Waals surface area contributed by atoms with Gasteiger partial charge in [0.15, 0.2) is 0 Å². The fourth-order valence-electron chi connectivity index (χ4n) is 1.84. The van der Waals surface area contributed by atoms with Gasteiger partial charge in [0.2, 0.25) is 5.91 Å². The summed E-state index contributed by atoms with van der Waals surface area (Å²) in [4.78, 5) is 12.7. The van der Waals surface area contributed by atoms with Crippen molar-refractivity contribution in [2.24, 2.45) is 0 Å². The van der Waals surface area contributed by atoms with E-state index in [2.05, 4.69) is 0 Å². The normalized spacial score (nSPS) is 28.8. The molecule has 0 bridgehead atoms. The molecular formula is C12H12Cl3NO. The van der Waals surface area contributed by atoms with Crippen molar-refractivity contribution in [1.29, 1.82) is 0 Å². The van der Waals surface area contributed by atoms with Crippen molar-refractivity contribution in [2.45, 2.75) is 23.7 Å². The van der Waals surface area contributed by atoms with E-state index in [4.69, 9.17) is 34.8 Å². The molecule has 5 heteroatoms. The SMILES string of the molecule is CC1(Cl)C(=O)N(Cc2ccc(Cl)cc2)CC1Cl. The van der Waals surface area contributed by atoms with Gasteiger partial charge in [0.25, 0.3) is 0 Å². The second-order valence-corrected chi connectivity index (χ2v) is 6.10. The standard InChI is InChI=1S/C12H12Cl3NO/c1-12(15)10(14)7-16(11(12)17)6-8-2-4-9(13)5-3-8/h2-5,10H,6-7H2,1H3. The first-order chi connectivity index (χ1) is 7.91. The molecule has 1 aromatic rings. The van der Waals surface area contributed by atoms with E-state index in [1.807, 2.05) is 12.1 Å². The van der Waals surface area contributed by atoms with Crippen LogP contribution in [0, 0.1) is 0 Å². The number of halogens is 3. The van der Waals surface area contributed by atoms with Crippen LogP contribution in [0.1, 0.15) is 12.5 Å². The van der Waals surface area contributed by atoms with E-state index in [-0.39, 0.29) is 11.3 Å². The molecule has 17 heavy (non-hydrogen) atoms. The van der Waals surface area contributed by atoms with Crippen molar-refractivity contribution in [1.82, 2.24) is 4.90 Å². The molecule has 0 radical (unpaired) electrons. The number of hydrogen-bond acceptors (Lipinski definition) is 1. The summed E-state index contributed by atoms with van der Waals surface area (Å²) in [7, 11) is 0. The third kappa shape index (κ3) is 2.54. The molecule has 92 valence electrons. The van der Waals surface area contributed by atoms with Gasteiger partial charge in [0.1, 0.15) is 4.87 Å². The summed E-state index contributed by atoms with van der Waals surface area (Å²) in [6.07, 6.45) is 0. The molecule has 2 nitrogen and oxygen atoms in total. The van der Waals surface area contributed by atoms with Crippen LogP contribution in [0.4, 0.5) is 0 Å². The van der Waals surface area contributed by atoms with Crippen molar-refractivity contribution in [3.05, 3.63) is 34.9 Å². The first-order valence-corrected chi connectivity index (χ1v) is 6.47. The van der Waals surface area contributed by atoms with Gasteiger partial charge < -0.3 is 4.90 Å². The maximum Gasteiger partial charge on any atom is 0.245 e. The lowest BCUT2D eigenvalue weighted by Gasteiger charge is -2.18. The Bertz CT molecular complexity index is 430. The molecule has 1 aromatic carbocycles. The number of carbonyl (C=O) groups is 1. The number of rotatable bonds is 2. The molecule has 0 N–H and O–H groups in total. The van der Waals surface area contributed by atoms with Crippen LogP contribution in [0.2, 0.25) is 5.02 Å². The number of hydrogen-bond donors (Lipinski definition) is 0. The van der Waals surface area contributed by atoms with Crippen LogP contribution in [-0.2, 0) is 11.3 Å². The van der Waals surface area contributed by atoms with Gasteiger partial charge in [-0.2, -0.15) is 0 Å². The third-order valence-corrected chi connectivity index (χ3v) is 4.32.